The number of nitrogens with one attached hydrogen (secondary N) is 1. The predicted molar refractivity (Wildman–Crippen MR) is 132 cm³/mol. The maximum absolute atomic E-state index is 12.3. The van der Waals surface area contributed by atoms with Crippen molar-refractivity contribution < 1.29 is 9.53 Å². The Kier molecular flexibility index (Phi) is 6.77. The van der Waals surface area contributed by atoms with Crippen molar-refractivity contribution in [2.75, 3.05) is 13.2 Å². The van der Waals surface area contributed by atoms with Crippen LogP contribution in [0.5, 0.6) is 5.75 Å². The number of carbonyl (C=O) groups is 1. The molecule has 34 heavy (non-hydrogen) atoms. The second kappa shape index (κ2) is 9.91. The molecule has 0 aliphatic carbocycles. The molecule has 4 rings (SSSR count). The monoisotopic (exact) mass is 459 g/mol. The van der Waals surface area contributed by atoms with Crippen LogP contribution in [0.25, 0.3) is 28.0 Å². The summed E-state index contributed by atoms with van der Waals surface area (Å²) < 4.78 is 8.90. The molecule has 0 unspecified atom stereocenters. The van der Waals surface area contributed by atoms with Crippen LogP contribution in [-0.4, -0.2) is 38.5 Å². The van der Waals surface area contributed by atoms with E-state index in [1.165, 1.54) is 10.7 Å². The van der Waals surface area contributed by atoms with Gasteiger partial charge in [0.15, 0.2) is 6.61 Å². The molecule has 3 aromatic heterocycles. The van der Waals surface area contributed by atoms with Crippen LogP contribution in [0.15, 0.2) is 65.6 Å². The third-order valence-electron chi connectivity index (χ3n) is 5.30. The van der Waals surface area contributed by atoms with E-state index in [2.05, 4.69) is 10.4 Å². The minimum atomic E-state index is -0.167. The first-order chi connectivity index (χ1) is 16.3. The van der Waals surface area contributed by atoms with Gasteiger partial charge in [-0.3, -0.25) is 9.59 Å². The van der Waals surface area contributed by atoms with Crippen molar-refractivity contribution >= 4 is 11.4 Å². The van der Waals surface area contributed by atoms with Crippen LogP contribution in [0.2, 0.25) is 0 Å². The van der Waals surface area contributed by atoms with Crippen LogP contribution >= 0.6 is 0 Å². The molecule has 0 radical (unpaired) electrons. The summed E-state index contributed by atoms with van der Waals surface area (Å²) in [6.45, 7) is 8.46. The van der Waals surface area contributed by atoms with Crippen LogP contribution in [0.4, 0.5) is 0 Å². The molecular formula is C26H29N5O3. The molecule has 176 valence electrons. The zero-order valence-electron chi connectivity index (χ0n) is 19.9. The largest absolute Gasteiger partial charge is 0.482 e. The number of nitrogens with zero attached hydrogens (tertiary/aromatic N) is 4. The van der Waals surface area contributed by atoms with Crippen molar-refractivity contribution in [2.24, 2.45) is 5.92 Å². The smallest absolute Gasteiger partial charge is 0.267 e. The topological polar surface area (TPSA) is 90.5 Å². The third-order valence-corrected chi connectivity index (χ3v) is 5.30. The van der Waals surface area contributed by atoms with Crippen molar-refractivity contribution in [1.82, 2.24) is 24.7 Å². The van der Waals surface area contributed by atoms with Crippen LogP contribution in [0.1, 0.15) is 33.7 Å². The minimum absolute atomic E-state index is 0.0706. The van der Waals surface area contributed by atoms with Gasteiger partial charge < -0.3 is 10.1 Å². The van der Waals surface area contributed by atoms with E-state index in [0.717, 1.165) is 22.3 Å². The Hall–Kier alpha value is -3.94. The highest BCUT2D eigenvalue weighted by Crippen LogP contribution is 2.34. The predicted octanol–water partition coefficient (Wildman–Crippen LogP) is 3.96. The average molecular weight is 460 g/mol. The maximum atomic E-state index is 12.3. The van der Waals surface area contributed by atoms with Crippen LogP contribution in [-0.2, 0) is 4.79 Å². The van der Waals surface area contributed by atoms with Gasteiger partial charge in [-0.15, -0.1) is 0 Å². The highest BCUT2D eigenvalue weighted by molar-refractivity contribution is 5.90. The number of benzene rings is 1. The Morgan fingerprint density at radius 2 is 1.76 bits per heavy atom. The highest BCUT2D eigenvalue weighted by atomic mass is 16.5. The summed E-state index contributed by atoms with van der Waals surface area (Å²) in [4.78, 5) is 24.3. The molecule has 4 aromatic rings. The number of carbonyl (C=O) groups excluding carboxylic acids is 1. The third kappa shape index (κ3) is 5.01. The molecule has 0 saturated carbocycles. The Morgan fingerprint density at radius 3 is 2.47 bits per heavy atom. The number of hydrogen-bond acceptors (Lipinski definition) is 5. The van der Waals surface area contributed by atoms with E-state index in [4.69, 9.17) is 9.84 Å². The van der Waals surface area contributed by atoms with Crippen molar-refractivity contribution in [3.63, 3.8) is 0 Å². The van der Waals surface area contributed by atoms with Crippen LogP contribution in [0, 0.1) is 5.92 Å². The normalized spacial score (nSPS) is 11.4. The van der Waals surface area contributed by atoms with Gasteiger partial charge in [0, 0.05) is 18.2 Å². The van der Waals surface area contributed by atoms with Gasteiger partial charge in [-0.25, -0.2) is 9.20 Å². The van der Waals surface area contributed by atoms with E-state index in [-0.39, 0.29) is 24.1 Å². The quantitative estimate of drug-likeness (QED) is 0.431. The Bertz CT molecular complexity index is 1360. The molecule has 0 saturated heterocycles. The fraction of sp³-hybridized carbons (Fsp3) is 0.308. The number of fused-ring (bicyclic) bond motifs is 1. The Labute approximate surface area is 198 Å². The standard InChI is InChI=1S/C26H29N5O3/c1-17(2)14-27-23(32)16-34-20-10-12-22-25(21-11-13-24(33)31(28-21)18(3)4)26(29-30(22)15-20)19-8-6-5-7-9-19/h5-13,15,17-18H,14,16H2,1-4H3,(H,27,32). The lowest BCUT2D eigenvalue weighted by Gasteiger charge is -2.11. The molecule has 0 atom stereocenters. The molecule has 1 aromatic carbocycles. The number of hydrogen-bond donors (Lipinski definition) is 1. The highest BCUT2D eigenvalue weighted by Gasteiger charge is 2.19. The molecule has 0 aliphatic rings. The number of rotatable bonds is 8. The molecular weight excluding hydrogens is 430 g/mol. The Balaban J connectivity index is 1.75. The van der Waals surface area contributed by atoms with Gasteiger partial charge in [-0.1, -0.05) is 44.2 Å². The summed E-state index contributed by atoms with van der Waals surface area (Å²) >= 11 is 0. The number of aromatic nitrogens is 4. The lowest BCUT2D eigenvalue weighted by Crippen LogP contribution is -2.31. The molecule has 0 bridgehead atoms. The van der Waals surface area contributed by atoms with Crippen LogP contribution in [0.3, 0.4) is 0 Å². The van der Waals surface area contributed by atoms with E-state index < -0.39 is 0 Å². The summed E-state index contributed by atoms with van der Waals surface area (Å²) in [7, 11) is 0. The molecule has 3 heterocycles. The Morgan fingerprint density at radius 1 is 1.00 bits per heavy atom. The number of pyridine rings is 1. The van der Waals surface area contributed by atoms with Gasteiger partial charge in [-0.05, 0) is 38.0 Å². The van der Waals surface area contributed by atoms with E-state index in [1.807, 2.05) is 70.2 Å². The molecule has 0 spiro atoms. The summed E-state index contributed by atoms with van der Waals surface area (Å²) in [5.41, 5.74) is 3.82. The van der Waals surface area contributed by atoms with Crippen molar-refractivity contribution in [3.05, 3.63) is 71.1 Å². The summed E-state index contributed by atoms with van der Waals surface area (Å²) in [5.74, 6) is 0.735. The SMILES string of the molecule is CC(C)CNC(=O)COc1ccc2c(-c3ccc(=O)n(C(C)C)n3)c(-c3ccccc3)nn2c1. The summed E-state index contributed by atoms with van der Waals surface area (Å²) in [5, 5.41) is 12.3. The first-order valence-corrected chi connectivity index (χ1v) is 11.4. The van der Waals surface area contributed by atoms with Crippen molar-refractivity contribution in [1.29, 1.82) is 0 Å². The zero-order valence-corrected chi connectivity index (χ0v) is 19.9. The first-order valence-electron chi connectivity index (χ1n) is 11.4. The number of amides is 1. The first kappa shape index (κ1) is 23.2. The van der Waals surface area contributed by atoms with E-state index in [1.54, 1.807) is 16.8 Å². The molecule has 1 amide bonds. The summed E-state index contributed by atoms with van der Waals surface area (Å²) in [6.07, 6.45) is 1.75. The van der Waals surface area contributed by atoms with Gasteiger partial charge in [0.2, 0.25) is 0 Å². The van der Waals surface area contributed by atoms with Crippen molar-refractivity contribution in [3.8, 4) is 28.3 Å². The minimum Gasteiger partial charge on any atom is -0.482 e. The van der Waals surface area contributed by atoms with Crippen molar-refractivity contribution in [2.45, 2.75) is 33.7 Å². The van der Waals surface area contributed by atoms with Gasteiger partial charge in [0.05, 0.1) is 29.0 Å². The van der Waals surface area contributed by atoms with E-state index in [9.17, 15) is 9.59 Å². The molecule has 1 N–H and O–H groups in total. The molecule has 8 nitrogen and oxygen atoms in total. The zero-order chi connectivity index (χ0) is 24.2. The maximum Gasteiger partial charge on any atom is 0.267 e. The molecule has 8 heteroatoms. The number of ether oxygens (including phenoxy) is 1. The molecule has 0 aliphatic heterocycles. The molecule has 0 fully saturated rings. The lowest BCUT2D eigenvalue weighted by molar-refractivity contribution is -0.123. The second-order valence-corrected chi connectivity index (χ2v) is 8.87. The van der Waals surface area contributed by atoms with Crippen LogP contribution < -0.4 is 15.6 Å². The van der Waals surface area contributed by atoms with E-state index >= 15 is 0 Å². The lowest BCUT2D eigenvalue weighted by atomic mass is 10.0. The average Bonchev–Trinajstić information content (AvgIpc) is 3.21. The fourth-order valence-corrected chi connectivity index (χ4v) is 3.61. The van der Waals surface area contributed by atoms with Gasteiger partial charge in [0.1, 0.15) is 11.4 Å². The van der Waals surface area contributed by atoms with Gasteiger partial charge in [-0.2, -0.15) is 10.2 Å². The summed E-state index contributed by atoms with van der Waals surface area (Å²) in [6, 6.07) is 16.7. The van der Waals surface area contributed by atoms with Gasteiger partial charge >= 0.3 is 0 Å². The second-order valence-electron chi connectivity index (χ2n) is 8.87. The van der Waals surface area contributed by atoms with E-state index in [0.29, 0.717) is 23.9 Å². The van der Waals surface area contributed by atoms with Gasteiger partial charge in [0.25, 0.3) is 11.5 Å². The fourth-order valence-electron chi connectivity index (χ4n) is 3.61.